The van der Waals surface area contributed by atoms with Crippen LogP contribution in [-0.2, 0) is 6.54 Å². The molecule has 1 aromatic carbocycles. The van der Waals surface area contributed by atoms with E-state index in [-0.39, 0.29) is 5.82 Å². The summed E-state index contributed by atoms with van der Waals surface area (Å²) in [7, 11) is 1.72. The van der Waals surface area contributed by atoms with Gasteiger partial charge in [0.15, 0.2) is 5.96 Å². The first-order chi connectivity index (χ1) is 11.0. The molecule has 0 radical (unpaired) electrons. The number of nitrogens with one attached hydrogen (secondary N) is 2. The van der Waals surface area contributed by atoms with E-state index in [1.807, 2.05) is 13.0 Å². The van der Waals surface area contributed by atoms with Gasteiger partial charge in [-0.25, -0.2) is 9.37 Å². The van der Waals surface area contributed by atoms with E-state index in [2.05, 4.69) is 34.5 Å². The number of aliphatic imine (C=N–C) groups is 1. The molecule has 23 heavy (non-hydrogen) atoms. The number of rotatable bonds is 5. The van der Waals surface area contributed by atoms with Crippen molar-refractivity contribution in [1.29, 1.82) is 0 Å². The van der Waals surface area contributed by atoms with Gasteiger partial charge in [0.1, 0.15) is 11.6 Å². The number of guanidine groups is 1. The number of halogens is 1. The van der Waals surface area contributed by atoms with Crippen molar-refractivity contribution >= 4 is 5.96 Å². The van der Waals surface area contributed by atoms with Gasteiger partial charge < -0.3 is 15.2 Å². The first kappa shape index (κ1) is 17.0. The predicted molar refractivity (Wildman–Crippen MR) is 91.3 cm³/mol. The van der Waals surface area contributed by atoms with Crippen LogP contribution in [0.5, 0.6) is 0 Å². The second-order valence-corrected chi connectivity index (χ2v) is 5.83. The molecular formula is C17H24FN5. The highest BCUT2D eigenvalue weighted by Crippen LogP contribution is 2.16. The number of benzene rings is 1. The van der Waals surface area contributed by atoms with Gasteiger partial charge in [0.05, 0.1) is 5.69 Å². The fraction of sp³-hybridized carbons (Fsp3) is 0.412. The minimum absolute atomic E-state index is 0.268. The molecule has 0 fully saturated rings. The molecular weight excluding hydrogens is 293 g/mol. The van der Waals surface area contributed by atoms with Gasteiger partial charge >= 0.3 is 0 Å². The van der Waals surface area contributed by atoms with Crippen molar-refractivity contribution in [2.45, 2.75) is 27.3 Å². The van der Waals surface area contributed by atoms with Crippen molar-refractivity contribution in [2.24, 2.45) is 10.9 Å². The van der Waals surface area contributed by atoms with Gasteiger partial charge in [-0.1, -0.05) is 19.9 Å². The van der Waals surface area contributed by atoms with Crippen molar-refractivity contribution in [3.8, 4) is 5.69 Å². The first-order valence-corrected chi connectivity index (χ1v) is 7.74. The van der Waals surface area contributed by atoms with Gasteiger partial charge in [-0.2, -0.15) is 0 Å². The van der Waals surface area contributed by atoms with E-state index in [1.165, 1.54) is 6.07 Å². The summed E-state index contributed by atoms with van der Waals surface area (Å²) in [6, 6.07) is 5.21. The maximum Gasteiger partial charge on any atom is 0.191 e. The molecule has 1 aromatic heterocycles. The van der Waals surface area contributed by atoms with Crippen LogP contribution >= 0.6 is 0 Å². The molecule has 0 aliphatic carbocycles. The SMILES string of the molecule is CN=C(NCc1ccc(-n2ccnc2C)c(F)c1)NCC(C)C. The molecule has 0 aliphatic heterocycles. The monoisotopic (exact) mass is 317 g/mol. The molecule has 0 spiro atoms. The van der Waals surface area contributed by atoms with Gasteiger partial charge in [0.2, 0.25) is 0 Å². The normalized spacial score (nSPS) is 11.8. The molecule has 2 N–H and O–H groups in total. The molecule has 0 atom stereocenters. The predicted octanol–water partition coefficient (Wildman–Crippen LogP) is 2.64. The zero-order valence-electron chi connectivity index (χ0n) is 14.1. The zero-order chi connectivity index (χ0) is 16.8. The van der Waals surface area contributed by atoms with E-state index in [1.54, 1.807) is 30.1 Å². The summed E-state index contributed by atoms with van der Waals surface area (Å²) in [6.07, 6.45) is 3.41. The second-order valence-electron chi connectivity index (χ2n) is 5.83. The summed E-state index contributed by atoms with van der Waals surface area (Å²) in [5, 5.41) is 6.41. The van der Waals surface area contributed by atoms with Crippen molar-refractivity contribution in [2.75, 3.05) is 13.6 Å². The van der Waals surface area contributed by atoms with Gasteiger partial charge in [-0.05, 0) is 30.5 Å². The van der Waals surface area contributed by atoms with Crippen LogP contribution in [-0.4, -0.2) is 29.1 Å². The molecule has 124 valence electrons. The Kier molecular flexibility index (Phi) is 5.73. The van der Waals surface area contributed by atoms with Crippen molar-refractivity contribution < 1.29 is 4.39 Å². The van der Waals surface area contributed by atoms with Crippen molar-refractivity contribution in [3.05, 3.63) is 47.8 Å². The Balaban J connectivity index is 2.02. The molecule has 2 aromatic rings. The quantitative estimate of drug-likeness (QED) is 0.658. The summed E-state index contributed by atoms with van der Waals surface area (Å²) >= 11 is 0. The van der Waals surface area contributed by atoms with E-state index >= 15 is 0 Å². The molecule has 2 rings (SSSR count). The smallest absolute Gasteiger partial charge is 0.191 e. The van der Waals surface area contributed by atoms with Crippen LogP contribution in [0.4, 0.5) is 4.39 Å². The lowest BCUT2D eigenvalue weighted by Crippen LogP contribution is -2.38. The molecule has 0 amide bonds. The second kappa shape index (κ2) is 7.76. The van der Waals surface area contributed by atoms with Crippen LogP contribution < -0.4 is 10.6 Å². The summed E-state index contributed by atoms with van der Waals surface area (Å²) in [6.45, 7) is 7.46. The molecule has 0 bridgehead atoms. The summed E-state index contributed by atoms with van der Waals surface area (Å²) in [4.78, 5) is 8.28. The van der Waals surface area contributed by atoms with Crippen LogP contribution in [0.3, 0.4) is 0 Å². The number of aromatic nitrogens is 2. The maximum absolute atomic E-state index is 14.3. The lowest BCUT2D eigenvalue weighted by Gasteiger charge is -2.14. The highest BCUT2D eigenvalue weighted by Gasteiger charge is 2.08. The third kappa shape index (κ3) is 4.55. The van der Waals surface area contributed by atoms with Crippen LogP contribution in [0.1, 0.15) is 25.2 Å². The number of hydrogen-bond donors (Lipinski definition) is 2. The van der Waals surface area contributed by atoms with E-state index in [0.29, 0.717) is 24.1 Å². The number of imidazole rings is 1. The van der Waals surface area contributed by atoms with E-state index in [0.717, 1.165) is 17.9 Å². The van der Waals surface area contributed by atoms with E-state index in [9.17, 15) is 4.39 Å². The molecule has 6 heteroatoms. The third-order valence-corrected chi connectivity index (χ3v) is 3.46. The molecule has 0 saturated carbocycles. The van der Waals surface area contributed by atoms with Crippen LogP contribution in [0.15, 0.2) is 35.6 Å². The van der Waals surface area contributed by atoms with Crippen molar-refractivity contribution in [1.82, 2.24) is 20.2 Å². The largest absolute Gasteiger partial charge is 0.356 e. The zero-order valence-corrected chi connectivity index (χ0v) is 14.1. The first-order valence-electron chi connectivity index (χ1n) is 7.74. The average Bonchev–Trinajstić information content (AvgIpc) is 2.93. The topological polar surface area (TPSA) is 54.2 Å². The third-order valence-electron chi connectivity index (χ3n) is 3.46. The molecule has 0 unspecified atom stereocenters. The number of nitrogens with zero attached hydrogens (tertiary/aromatic N) is 3. The molecule has 5 nitrogen and oxygen atoms in total. The Labute approximate surface area is 136 Å². The Bertz CT molecular complexity index is 675. The van der Waals surface area contributed by atoms with Crippen LogP contribution in [0.2, 0.25) is 0 Å². The van der Waals surface area contributed by atoms with E-state index in [4.69, 9.17) is 0 Å². The highest BCUT2D eigenvalue weighted by molar-refractivity contribution is 5.79. The molecule has 0 saturated heterocycles. The lowest BCUT2D eigenvalue weighted by molar-refractivity contribution is 0.609. The van der Waals surface area contributed by atoms with Crippen LogP contribution in [0.25, 0.3) is 5.69 Å². The van der Waals surface area contributed by atoms with E-state index < -0.39 is 0 Å². The fourth-order valence-corrected chi connectivity index (χ4v) is 2.20. The molecule has 1 heterocycles. The fourth-order valence-electron chi connectivity index (χ4n) is 2.20. The molecule has 0 aliphatic rings. The lowest BCUT2D eigenvalue weighted by atomic mass is 10.2. The summed E-state index contributed by atoms with van der Waals surface area (Å²) in [5.74, 6) is 1.74. The Morgan fingerprint density at radius 3 is 2.70 bits per heavy atom. The Hall–Kier alpha value is -2.37. The summed E-state index contributed by atoms with van der Waals surface area (Å²) < 4.78 is 16.1. The maximum atomic E-state index is 14.3. The Morgan fingerprint density at radius 2 is 2.13 bits per heavy atom. The minimum atomic E-state index is -0.268. The van der Waals surface area contributed by atoms with Gasteiger partial charge in [0.25, 0.3) is 0 Å². The average molecular weight is 317 g/mol. The Morgan fingerprint density at radius 1 is 1.35 bits per heavy atom. The number of hydrogen-bond acceptors (Lipinski definition) is 2. The van der Waals surface area contributed by atoms with Gasteiger partial charge in [0, 0.05) is 32.5 Å². The van der Waals surface area contributed by atoms with Gasteiger partial charge in [-0.15, -0.1) is 0 Å². The standard InChI is InChI=1S/C17H24FN5/c1-12(2)10-21-17(19-4)22-11-14-5-6-16(15(18)9-14)23-8-7-20-13(23)3/h5-9,12H,10-11H2,1-4H3,(H2,19,21,22). The van der Waals surface area contributed by atoms with Crippen LogP contribution in [0, 0.1) is 18.7 Å². The van der Waals surface area contributed by atoms with Gasteiger partial charge in [-0.3, -0.25) is 4.99 Å². The number of aryl methyl sites for hydroxylation is 1. The van der Waals surface area contributed by atoms with Crippen molar-refractivity contribution in [3.63, 3.8) is 0 Å². The highest BCUT2D eigenvalue weighted by atomic mass is 19.1. The summed E-state index contributed by atoms with van der Waals surface area (Å²) in [5.41, 5.74) is 1.36. The minimum Gasteiger partial charge on any atom is -0.356 e.